The average Bonchev–Trinajstić information content (AvgIpc) is 3.24. The van der Waals surface area contributed by atoms with Crippen molar-refractivity contribution in [2.24, 2.45) is 7.05 Å². The van der Waals surface area contributed by atoms with E-state index in [1.807, 2.05) is 79.3 Å². The molecule has 0 saturated heterocycles. The van der Waals surface area contributed by atoms with Gasteiger partial charge in [0.1, 0.15) is 18.3 Å². The largest absolute Gasteiger partial charge is 0.494 e. The minimum absolute atomic E-state index is 0.144. The fraction of sp³-hybridized carbons (Fsp3) is 0.294. The van der Waals surface area contributed by atoms with Crippen LogP contribution in [-0.2, 0) is 24.9 Å². The number of nitrogens with zero attached hydrogens (tertiary/aromatic N) is 4. The maximum Gasteiger partial charge on any atom is 0.312 e. The highest BCUT2D eigenvalue weighted by molar-refractivity contribution is 8.00. The highest BCUT2D eigenvalue weighted by Gasteiger charge is 2.31. The Labute approximate surface area is 256 Å². The molecule has 0 amide bonds. The number of aliphatic carboxylic acids is 1. The van der Waals surface area contributed by atoms with E-state index < -0.39 is 11.9 Å². The van der Waals surface area contributed by atoms with Crippen LogP contribution in [0.1, 0.15) is 49.2 Å². The molecule has 8 nitrogen and oxygen atoms in total. The second-order valence-electron chi connectivity index (χ2n) is 11.5. The smallest absolute Gasteiger partial charge is 0.312 e. The zero-order valence-corrected chi connectivity index (χ0v) is 26.1. The van der Waals surface area contributed by atoms with E-state index in [-0.39, 0.29) is 4.75 Å². The molecule has 3 aromatic heterocycles. The van der Waals surface area contributed by atoms with Crippen molar-refractivity contribution in [3.63, 3.8) is 0 Å². The third kappa shape index (κ3) is 7.00. The lowest BCUT2D eigenvalue weighted by molar-refractivity contribution is -0.139. The first-order chi connectivity index (χ1) is 20.5. The summed E-state index contributed by atoms with van der Waals surface area (Å²) >= 11 is 1.68. The Hall–Kier alpha value is -4.37. The van der Waals surface area contributed by atoms with Gasteiger partial charge in [0.05, 0.1) is 25.2 Å². The van der Waals surface area contributed by atoms with E-state index in [0.717, 1.165) is 43.9 Å². The molecule has 0 spiro atoms. The Bertz CT molecular complexity index is 1720. The molecular weight excluding hydrogens is 560 g/mol. The fourth-order valence-electron chi connectivity index (χ4n) is 4.94. The van der Waals surface area contributed by atoms with Crippen molar-refractivity contribution in [2.45, 2.75) is 56.3 Å². The minimum atomic E-state index is -0.869. The number of benzene rings is 2. The topological polar surface area (TPSA) is 99.4 Å². The average molecular weight is 597 g/mol. The van der Waals surface area contributed by atoms with Gasteiger partial charge in [-0.2, -0.15) is 0 Å². The predicted octanol–water partition coefficient (Wildman–Crippen LogP) is 7.23. The Morgan fingerprint density at radius 1 is 0.977 bits per heavy atom. The van der Waals surface area contributed by atoms with Crippen molar-refractivity contribution in [3.8, 4) is 22.9 Å². The Balaban J connectivity index is 1.48. The molecule has 5 aromatic rings. The number of fused-ring (bicyclic) bond motifs is 1. The summed E-state index contributed by atoms with van der Waals surface area (Å²) < 4.78 is 13.2. The van der Waals surface area contributed by atoms with Gasteiger partial charge in [-0.05, 0) is 48.7 Å². The first-order valence-electron chi connectivity index (χ1n) is 14.1. The van der Waals surface area contributed by atoms with Crippen LogP contribution in [0.15, 0.2) is 78.1 Å². The van der Waals surface area contributed by atoms with Crippen LogP contribution in [0.25, 0.3) is 22.3 Å². The highest BCUT2D eigenvalue weighted by Crippen LogP contribution is 2.45. The van der Waals surface area contributed by atoms with E-state index in [9.17, 15) is 9.90 Å². The van der Waals surface area contributed by atoms with Crippen molar-refractivity contribution < 1.29 is 19.4 Å². The van der Waals surface area contributed by atoms with Gasteiger partial charge in [-0.1, -0.05) is 51.1 Å². The van der Waals surface area contributed by atoms with E-state index in [1.165, 1.54) is 0 Å². The van der Waals surface area contributed by atoms with Gasteiger partial charge < -0.3 is 19.1 Å². The monoisotopic (exact) mass is 596 g/mol. The van der Waals surface area contributed by atoms with Crippen LogP contribution < -0.4 is 9.47 Å². The van der Waals surface area contributed by atoms with Crippen LogP contribution in [0.4, 0.5) is 0 Å². The summed E-state index contributed by atoms with van der Waals surface area (Å²) in [6.45, 7) is 8.77. The number of hydrogen-bond donors (Lipinski definition) is 1. The number of carboxylic acids is 1. The van der Waals surface area contributed by atoms with Gasteiger partial charge in [-0.3, -0.25) is 9.78 Å². The summed E-state index contributed by atoms with van der Waals surface area (Å²) in [4.78, 5) is 27.0. The van der Waals surface area contributed by atoms with E-state index >= 15 is 0 Å². The number of carbonyl (C=O) groups is 1. The van der Waals surface area contributed by atoms with E-state index in [0.29, 0.717) is 30.4 Å². The van der Waals surface area contributed by atoms with Crippen LogP contribution in [0, 0.1) is 6.92 Å². The molecule has 5 rings (SSSR count). The van der Waals surface area contributed by atoms with Gasteiger partial charge in [0.25, 0.3) is 0 Å². The fourth-order valence-corrected chi connectivity index (χ4v) is 6.21. The van der Waals surface area contributed by atoms with Crippen LogP contribution >= 0.6 is 11.8 Å². The molecular formula is C34H36N4O4S. The molecule has 3 heterocycles. The van der Waals surface area contributed by atoms with E-state index in [1.54, 1.807) is 31.3 Å². The molecule has 2 aromatic carbocycles. The molecule has 9 heteroatoms. The molecule has 0 radical (unpaired) electrons. The highest BCUT2D eigenvalue weighted by atomic mass is 32.2. The molecule has 1 atom stereocenters. The summed E-state index contributed by atoms with van der Waals surface area (Å²) in [5.41, 5.74) is 5.44. The van der Waals surface area contributed by atoms with Gasteiger partial charge in [0.2, 0.25) is 0 Å². The molecule has 0 aliphatic carbocycles. The molecule has 0 fully saturated rings. The molecule has 1 N–H and O–H groups in total. The van der Waals surface area contributed by atoms with Crippen molar-refractivity contribution in [1.82, 2.24) is 19.5 Å². The van der Waals surface area contributed by atoms with Gasteiger partial charge >= 0.3 is 5.97 Å². The van der Waals surface area contributed by atoms with Gasteiger partial charge in [0.15, 0.2) is 11.6 Å². The molecule has 43 heavy (non-hydrogen) atoms. The van der Waals surface area contributed by atoms with Crippen LogP contribution in [0.5, 0.6) is 11.5 Å². The maximum absolute atomic E-state index is 12.9. The lowest BCUT2D eigenvalue weighted by atomic mass is 9.95. The zero-order chi connectivity index (χ0) is 30.7. The first-order valence-corrected chi connectivity index (χ1v) is 14.9. The van der Waals surface area contributed by atoms with Gasteiger partial charge in [-0.15, -0.1) is 11.8 Å². The predicted molar refractivity (Wildman–Crippen MR) is 170 cm³/mol. The number of aromatic nitrogens is 4. The molecule has 0 saturated carbocycles. The number of ether oxygens (including phenoxy) is 2. The maximum atomic E-state index is 12.9. The molecule has 0 bridgehead atoms. The summed E-state index contributed by atoms with van der Waals surface area (Å²) in [5.74, 6) is 0.255. The van der Waals surface area contributed by atoms with Gasteiger partial charge in [-0.25, -0.2) is 9.97 Å². The molecule has 222 valence electrons. The second-order valence-corrected chi connectivity index (χ2v) is 13.4. The van der Waals surface area contributed by atoms with E-state index in [4.69, 9.17) is 9.47 Å². The lowest BCUT2D eigenvalue weighted by Crippen LogP contribution is -2.19. The molecule has 0 unspecified atom stereocenters. The number of thioether (sulfide) groups is 1. The summed E-state index contributed by atoms with van der Waals surface area (Å²) in [5, 5.41) is 11.5. The normalized spacial score (nSPS) is 12.3. The lowest BCUT2D eigenvalue weighted by Gasteiger charge is -2.22. The second kappa shape index (κ2) is 12.5. The summed E-state index contributed by atoms with van der Waals surface area (Å²) in [7, 11) is 3.52. The number of methoxy groups -OCH3 is 1. The quantitative estimate of drug-likeness (QED) is 0.169. The van der Waals surface area contributed by atoms with E-state index in [2.05, 4.69) is 35.7 Å². The zero-order valence-electron chi connectivity index (χ0n) is 25.3. The molecule has 0 aliphatic heterocycles. The Kier molecular flexibility index (Phi) is 8.73. The third-order valence-corrected chi connectivity index (χ3v) is 8.33. The van der Waals surface area contributed by atoms with Crippen LogP contribution in [-0.4, -0.2) is 42.5 Å². The standard InChI is InChI=1S/C34H36N4O4S/c1-21-7-12-24(35-17-21)20-42-25-13-14-29-27(16-25)31(43-34(2,3)4)30(38(29)5)28(33(39)40)15-22-8-10-23(11-9-22)32-36-18-26(41-6)19-37-32/h7-14,16-19,28H,15,20H2,1-6H3,(H,39,40)/t28-/m0/s1. The number of rotatable bonds is 10. The molecule has 0 aliphatic rings. The number of aryl methyl sites for hydroxylation is 2. The van der Waals surface area contributed by atoms with Crippen molar-refractivity contribution >= 4 is 28.6 Å². The number of pyridine rings is 1. The summed E-state index contributed by atoms with van der Waals surface area (Å²) in [6, 6.07) is 17.7. The van der Waals surface area contributed by atoms with Crippen LogP contribution in [0.2, 0.25) is 0 Å². The number of hydrogen-bond acceptors (Lipinski definition) is 7. The number of carboxylic acid groups (broad SMARTS) is 1. The minimum Gasteiger partial charge on any atom is -0.494 e. The van der Waals surface area contributed by atoms with Gasteiger partial charge in [0, 0.05) is 45.0 Å². The third-order valence-electron chi connectivity index (χ3n) is 7.08. The SMILES string of the molecule is COc1cnc(-c2ccc(C[C@H](C(=O)O)c3c(SC(C)(C)C)c4cc(OCc5ccc(C)cn5)ccc4n3C)cc2)nc1. The van der Waals surface area contributed by atoms with Crippen molar-refractivity contribution in [1.29, 1.82) is 0 Å². The summed E-state index contributed by atoms with van der Waals surface area (Å²) in [6.07, 6.45) is 5.42. The Morgan fingerprint density at radius 2 is 1.70 bits per heavy atom. The van der Waals surface area contributed by atoms with Crippen molar-refractivity contribution in [2.75, 3.05) is 7.11 Å². The first kappa shape index (κ1) is 30.1. The Morgan fingerprint density at radius 3 is 2.30 bits per heavy atom. The van der Waals surface area contributed by atoms with Crippen LogP contribution in [0.3, 0.4) is 0 Å². The van der Waals surface area contributed by atoms with Crippen molar-refractivity contribution in [3.05, 3.63) is 95.7 Å².